The molecule has 0 saturated carbocycles. The first-order valence-corrected chi connectivity index (χ1v) is 4.38. The molecule has 0 heterocycles. The molecule has 0 aliphatic carbocycles. The Morgan fingerprint density at radius 2 is 2.27 bits per heavy atom. The second-order valence-electron chi connectivity index (χ2n) is 2.88. The van der Waals surface area contributed by atoms with Gasteiger partial charge in [0.2, 0.25) is 0 Å². The molecule has 0 aliphatic rings. The van der Waals surface area contributed by atoms with Gasteiger partial charge >= 0.3 is 0 Å². The van der Waals surface area contributed by atoms with Gasteiger partial charge in [-0.1, -0.05) is 0 Å². The third-order valence-corrected chi connectivity index (χ3v) is 1.84. The fraction of sp³-hybridized carbons (Fsp3) is 0.222. The van der Waals surface area contributed by atoms with Gasteiger partial charge in [0.25, 0.3) is 11.6 Å². The number of nitro benzene ring substituents is 1. The predicted octanol–water partition coefficient (Wildman–Crippen LogP) is 1.13. The zero-order valence-corrected chi connectivity index (χ0v) is 8.19. The summed E-state index contributed by atoms with van der Waals surface area (Å²) >= 11 is 0. The third-order valence-electron chi connectivity index (χ3n) is 1.84. The number of hydrogen-bond acceptors (Lipinski definition) is 4. The minimum atomic E-state index is -0.804. The van der Waals surface area contributed by atoms with Crippen LogP contribution in [0.4, 0.5) is 11.4 Å². The van der Waals surface area contributed by atoms with E-state index >= 15 is 0 Å². The fourth-order valence-corrected chi connectivity index (χ4v) is 1.21. The number of rotatable bonds is 4. The van der Waals surface area contributed by atoms with Crippen molar-refractivity contribution in [1.29, 1.82) is 0 Å². The molecule has 1 aromatic rings. The van der Waals surface area contributed by atoms with E-state index in [0.29, 0.717) is 12.2 Å². The molecule has 80 valence electrons. The highest BCUT2D eigenvalue weighted by Gasteiger charge is 2.17. The molecular formula is C9H11N3O3. The summed E-state index contributed by atoms with van der Waals surface area (Å²) in [7, 11) is 0. The molecule has 1 rings (SSSR count). The number of primary amides is 1. The van der Waals surface area contributed by atoms with Crippen molar-refractivity contribution in [3.05, 3.63) is 33.9 Å². The Hall–Kier alpha value is -2.11. The van der Waals surface area contributed by atoms with Crippen molar-refractivity contribution in [2.75, 3.05) is 11.9 Å². The molecule has 0 spiro atoms. The molecule has 1 aromatic carbocycles. The number of hydrogen-bond donors (Lipinski definition) is 2. The maximum absolute atomic E-state index is 11.0. The molecule has 1 amide bonds. The number of benzene rings is 1. The molecule has 3 N–H and O–H groups in total. The van der Waals surface area contributed by atoms with E-state index in [1.807, 2.05) is 6.92 Å². The maximum atomic E-state index is 11.0. The first-order valence-electron chi connectivity index (χ1n) is 4.38. The van der Waals surface area contributed by atoms with E-state index in [1.54, 1.807) is 0 Å². The van der Waals surface area contributed by atoms with Gasteiger partial charge in [-0.15, -0.1) is 0 Å². The zero-order valence-electron chi connectivity index (χ0n) is 8.19. The summed E-state index contributed by atoms with van der Waals surface area (Å²) in [6.45, 7) is 2.54. The second-order valence-corrected chi connectivity index (χ2v) is 2.88. The van der Waals surface area contributed by atoms with E-state index in [9.17, 15) is 14.9 Å². The van der Waals surface area contributed by atoms with E-state index in [0.717, 1.165) is 0 Å². The van der Waals surface area contributed by atoms with Crippen LogP contribution in [-0.4, -0.2) is 17.4 Å². The highest BCUT2D eigenvalue weighted by molar-refractivity contribution is 5.97. The van der Waals surface area contributed by atoms with Gasteiger partial charge in [0.1, 0.15) is 5.56 Å². The molecule has 6 heteroatoms. The van der Waals surface area contributed by atoms with Crippen LogP contribution in [0.15, 0.2) is 18.2 Å². The van der Waals surface area contributed by atoms with Crippen LogP contribution in [0.1, 0.15) is 17.3 Å². The van der Waals surface area contributed by atoms with Gasteiger partial charge in [-0.2, -0.15) is 0 Å². The highest BCUT2D eigenvalue weighted by atomic mass is 16.6. The number of carbonyl (C=O) groups excluding carboxylic acids is 1. The average molecular weight is 209 g/mol. The summed E-state index contributed by atoms with van der Waals surface area (Å²) in [6, 6.07) is 4.18. The quantitative estimate of drug-likeness (QED) is 0.573. The van der Waals surface area contributed by atoms with Crippen LogP contribution < -0.4 is 11.1 Å². The third kappa shape index (κ3) is 2.43. The fourth-order valence-electron chi connectivity index (χ4n) is 1.21. The molecule has 0 radical (unpaired) electrons. The zero-order chi connectivity index (χ0) is 11.4. The van der Waals surface area contributed by atoms with Gasteiger partial charge in [0, 0.05) is 18.3 Å². The van der Waals surface area contributed by atoms with Crippen molar-refractivity contribution < 1.29 is 9.72 Å². The lowest BCUT2D eigenvalue weighted by molar-refractivity contribution is -0.385. The van der Waals surface area contributed by atoms with Crippen molar-refractivity contribution in [3.63, 3.8) is 0 Å². The summed E-state index contributed by atoms with van der Waals surface area (Å²) in [6.07, 6.45) is 0. The molecule has 0 aromatic heterocycles. The number of nitrogens with one attached hydrogen (secondary N) is 1. The number of nitrogens with two attached hydrogens (primary N) is 1. The monoisotopic (exact) mass is 209 g/mol. The number of amides is 1. The van der Waals surface area contributed by atoms with Crippen LogP contribution in [0.3, 0.4) is 0 Å². The van der Waals surface area contributed by atoms with Gasteiger partial charge in [0.15, 0.2) is 0 Å². The summed E-state index contributed by atoms with van der Waals surface area (Å²) in [5.41, 5.74) is 5.32. The van der Waals surface area contributed by atoms with Crippen molar-refractivity contribution in [1.82, 2.24) is 0 Å². The highest BCUT2D eigenvalue weighted by Crippen LogP contribution is 2.21. The molecule has 0 atom stereocenters. The van der Waals surface area contributed by atoms with Crippen LogP contribution >= 0.6 is 0 Å². The molecule has 0 bridgehead atoms. The first-order chi connectivity index (χ1) is 7.06. The minimum absolute atomic E-state index is 0.0848. The Morgan fingerprint density at radius 3 is 2.73 bits per heavy atom. The van der Waals surface area contributed by atoms with E-state index in [-0.39, 0.29) is 11.3 Å². The number of anilines is 1. The lowest BCUT2D eigenvalue weighted by Crippen LogP contribution is -2.14. The molecule has 0 aliphatic heterocycles. The molecule has 0 fully saturated rings. The predicted molar refractivity (Wildman–Crippen MR) is 55.8 cm³/mol. The molecule has 15 heavy (non-hydrogen) atoms. The Labute approximate surface area is 86.2 Å². The summed E-state index contributed by atoms with van der Waals surface area (Å²) < 4.78 is 0. The number of nitrogens with zero attached hydrogens (tertiary/aromatic N) is 1. The van der Waals surface area contributed by atoms with Gasteiger partial charge < -0.3 is 11.1 Å². The Balaban J connectivity index is 3.21. The molecule has 0 unspecified atom stereocenters. The van der Waals surface area contributed by atoms with Crippen LogP contribution in [0, 0.1) is 10.1 Å². The lowest BCUT2D eigenvalue weighted by atomic mass is 10.1. The summed E-state index contributed by atoms with van der Waals surface area (Å²) in [5.74, 6) is -0.804. The van der Waals surface area contributed by atoms with Crippen molar-refractivity contribution in [2.24, 2.45) is 5.73 Å². The van der Waals surface area contributed by atoms with Crippen LogP contribution in [0.5, 0.6) is 0 Å². The first kappa shape index (κ1) is 11.0. The Bertz CT molecular complexity index is 404. The van der Waals surface area contributed by atoms with Crippen molar-refractivity contribution in [3.8, 4) is 0 Å². The van der Waals surface area contributed by atoms with Gasteiger partial charge in [-0.05, 0) is 19.1 Å². The van der Waals surface area contributed by atoms with Gasteiger partial charge in [0.05, 0.1) is 4.92 Å². The summed E-state index contributed by atoms with van der Waals surface area (Å²) in [4.78, 5) is 20.9. The largest absolute Gasteiger partial charge is 0.385 e. The van der Waals surface area contributed by atoms with Crippen LogP contribution in [0.2, 0.25) is 0 Å². The average Bonchev–Trinajstić information content (AvgIpc) is 2.17. The van der Waals surface area contributed by atoms with Crippen molar-refractivity contribution in [2.45, 2.75) is 6.92 Å². The molecule has 0 saturated heterocycles. The lowest BCUT2D eigenvalue weighted by Gasteiger charge is -2.04. The second kappa shape index (κ2) is 4.41. The SMILES string of the molecule is CCNc1ccc([N+](=O)[O-])c(C(N)=O)c1. The normalized spacial score (nSPS) is 9.67. The topological polar surface area (TPSA) is 98.3 Å². The smallest absolute Gasteiger partial charge is 0.282 e. The maximum Gasteiger partial charge on any atom is 0.282 e. The standard InChI is InChI=1S/C9H11N3O3/c1-2-11-6-3-4-8(12(14)15)7(5-6)9(10)13/h3-5,11H,2H2,1H3,(H2,10,13). The minimum Gasteiger partial charge on any atom is -0.385 e. The number of carbonyl (C=O) groups is 1. The van der Waals surface area contributed by atoms with E-state index in [4.69, 9.17) is 5.73 Å². The Morgan fingerprint density at radius 1 is 1.60 bits per heavy atom. The van der Waals surface area contributed by atoms with E-state index < -0.39 is 10.8 Å². The van der Waals surface area contributed by atoms with Gasteiger partial charge in [-0.25, -0.2) is 0 Å². The van der Waals surface area contributed by atoms with Gasteiger partial charge in [-0.3, -0.25) is 14.9 Å². The van der Waals surface area contributed by atoms with Crippen LogP contribution in [0.25, 0.3) is 0 Å². The Kier molecular flexibility index (Phi) is 3.22. The molecular weight excluding hydrogens is 198 g/mol. The van der Waals surface area contributed by atoms with Crippen LogP contribution in [-0.2, 0) is 0 Å². The van der Waals surface area contributed by atoms with E-state index in [1.165, 1.54) is 18.2 Å². The van der Waals surface area contributed by atoms with Crippen molar-refractivity contribution >= 4 is 17.3 Å². The molecule has 6 nitrogen and oxygen atoms in total. The van der Waals surface area contributed by atoms with E-state index in [2.05, 4.69) is 5.32 Å². The number of nitro groups is 1. The summed E-state index contributed by atoms with van der Waals surface area (Å²) in [5, 5.41) is 13.5.